The van der Waals surface area contributed by atoms with Crippen molar-refractivity contribution >= 4 is 28.6 Å². The summed E-state index contributed by atoms with van der Waals surface area (Å²) in [6.45, 7) is 0. The van der Waals surface area contributed by atoms with Crippen LogP contribution in [-0.4, -0.2) is 21.0 Å². The minimum Gasteiger partial charge on any atom is -0.478 e. The Bertz CT molecular complexity index is 493. The van der Waals surface area contributed by atoms with E-state index in [0.29, 0.717) is 16.9 Å². The number of halogens is 1. The fraction of sp³-hybridized carbons (Fsp3) is 0.111. The SMILES string of the molecule is O=C(O)c1cccc2[nH]c(CCl)nc12. The third-order valence-corrected chi connectivity index (χ3v) is 2.17. The maximum atomic E-state index is 10.8. The minimum absolute atomic E-state index is 0.190. The van der Waals surface area contributed by atoms with Gasteiger partial charge in [0.05, 0.1) is 17.0 Å². The van der Waals surface area contributed by atoms with E-state index < -0.39 is 5.97 Å². The zero-order chi connectivity index (χ0) is 10.1. The molecule has 0 unspecified atom stereocenters. The van der Waals surface area contributed by atoms with Crippen molar-refractivity contribution in [1.29, 1.82) is 0 Å². The van der Waals surface area contributed by atoms with Crippen LogP contribution in [0.25, 0.3) is 11.0 Å². The van der Waals surface area contributed by atoms with E-state index in [2.05, 4.69) is 9.97 Å². The van der Waals surface area contributed by atoms with Gasteiger partial charge in [-0.1, -0.05) is 6.07 Å². The average Bonchev–Trinajstić information content (AvgIpc) is 2.59. The number of nitrogens with zero attached hydrogens (tertiary/aromatic N) is 1. The zero-order valence-electron chi connectivity index (χ0n) is 7.12. The molecule has 0 aliphatic heterocycles. The molecule has 1 aromatic heterocycles. The smallest absolute Gasteiger partial charge is 0.337 e. The molecular formula is C9H7ClN2O2. The number of carboxylic acid groups (broad SMARTS) is 1. The molecule has 4 nitrogen and oxygen atoms in total. The Morgan fingerprint density at radius 2 is 2.36 bits per heavy atom. The molecule has 0 saturated carbocycles. The Balaban J connectivity index is 2.73. The predicted octanol–water partition coefficient (Wildman–Crippen LogP) is 2.00. The number of para-hydroxylation sites is 1. The lowest BCUT2D eigenvalue weighted by Gasteiger charge is -1.93. The number of fused-ring (bicyclic) bond motifs is 1. The van der Waals surface area contributed by atoms with E-state index in [0.717, 1.165) is 0 Å². The van der Waals surface area contributed by atoms with E-state index in [1.165, 1.54) is 6.07 Å². The van der Waals surface area contributed by atoms with Gasteiger partial charge >= 0.3 is 5.97 Å². The molecule has 2 rings (SSSR count). The molecule has 0 amide bonds. The van der Waals surface area contributed by atoms with E-state index in [9.17, 15) is 4.79 Å². The summed E-state index contributed by atoms with van der Waals surface area (Å²) in [4.78, 5) is 17.8. The lowest BCUT2D eigenvalue weighted by molar-refractivity contribution is 0.0699. The average molecular weight is 211 g/mol. The van der Waals surface area contributed by atoms with Crippen LogP contribution in [0.5, 0.6) is 0 Å². The monoisotopic (exact) mass is 210 g/mol. The highest BCUT2D eigenvalue weighted by molar-refractivity contribution is 6.17. The van der Waals surface area contributed by atoms with E-state index >= 15 is 0 Å². The van der Waals surface area contributed by atoms with Crippen molar-refractivity contribution in [3.05, 3.63) is 29.6 Å². The van der Waals surface area contributed by atoms with Gasteiger partial charge in [0.2, 0.25) is 0 Å². The molecular weight excluding hydrogens is 204 g/mol. The largest absolute Gasteiger partial charge is 0.478 e. The van der Waals surface area contributed by atoms with E-state index in [4.69, 9.17) is 16.7 Å². The Labute approximate surface area is 84.5 Å². The van der Waals surface area contributed by atoms with Gasteiger partial charge in [0.15, 0.2) is 0 Å². The first-order valence-corrected chi connectivity index (χ1v) is 4.52. The molecule has 0 radical (unpaired) electrons. The van der Waals surface area contributed by atoms with Crippen molar-refractivity contribution in [2.75, 3.05) is 0 Å². The van der Waals surface area contributed by atoms with Crippen LogP contribution >= 0.6 is 11.6 Å². The summed E-state index contributed by atoms with van der Waals surface area (Å²) in [6, 6.07) is 4.95. The number of carboxylic acids is 1. The lowest BCUT2D eigenvalue weighted by atomic mass is 10.2. The van der Waals surface area contributed by atoms with Gasteiger partial charge in [0, 0.05) is 0 Å². The van der Waals surface area contributed by atoms with E-state index in [1.807, 2.05) is 0 Å². The lowest BCUT2D eigenvalue weighted by Crippen LogP contribution is -1.96. The summed E-state index contributed by atoms with van der Waals surface area (Å²) >= 11 is 5.59. The van der Waals surface area contributed by atoms with Crippen LogP contribution < -0.4 is 0 Å². The van der Waals surface area contributed by atoms with Crippen molar-refractivity contribution < 1.29 is 9.90 Å². The van der Waals surface area contributed by atoms with Gasteiger partial charge in [-0.3, -0.25) is 0 Å². The number of aromatic carboxylic acids is 1. The molecule has 14 heavy (non-hydrogen) atoms. The number of H-pyrrole nitrogens is 1. The van der Waals surface area contributed by atoms with Crippen molar-refractivity contribution in [3.8, 4) is 0 Å². The molecule has 5 heteroatoms. The highest BCUT2D eigenvalue weighted by Crippen LogP contribution is 2.17. The number of aromatic amines is 1. The second-order valence-corrected chi connectivity index (χ2v) is 3.09. The molecule has 0 aliphatic carbocycles. The van der Waals surface area contributed by atoms with Gasteiger partial charge in [-0.05, 0) is 12.1 Å². The van der Waals surface area contributed by atoms with Gasteiger partial charge in [-0.15, -0.1) is 11.6 Å². The third kappa shape index (κ3) is 1.33. The summed E-state index contributed by atoms with van der Waals surface area (Å²) in [5.41, 5.74) is 1.34. The summed E-state index contributed by atoms with van der Waals surface area (Å²) in [5.74, 6) is -0.160. The van der Waals surface area contributed by atoms with Crippen LogP contribution in [0.3, 0.4) is 0 Å². The molecule has 2 N–H and O–H groups in total. The van der Waals surface area contributed by atoms with Crippen molar-refractivity contribution in [1.82, 2.24) is 9.97 Å². The first-order valence-electron chi connectivity index (χ1n) is 3.99. The number of carbonyl (C=O) groups is 1. The van der Waals surface area contributed by atoms with Crippen molar-refractivity contribution in [2.45, 2.75) is 5.88 Å². The van der Waals surface area contributed by atoms with Crippen molar-refractivity contribution in [2.24, 2.45) is 0 Å². The molecule has 72 valence electrons. The standard InChI is InChI=1S/C9H7ClN2O2/c10-4-7-11-6-3-1-2-5(9(13)14)8(6)12-7/h1-3H,4H2,(H,11,12)(H,13,14). The topological polar surface area (TPSA) is 66.0 Å². The quantitative estimate of drug-likeness (QED) is 0.745. The molecule has 0 fully saturated rings. The number of benzene rings is 1. The molecule has 0 spiro atoms. The molecule has 0 bridgehead atoms. The van der Waals surface area contributed by atoms with E-state index in [1.54, 1.807) is 12.1 Å². The number of hydrogen-bond donors (Lipinski definition) is 2. The van der Waals surface area contributed by atoms with Gasteiger partial charge in [0.1, 0.15) is 11.3 Å². The van der Waals surface area contributed by atoms with Crippen LogP contribution in [0.2, 0.25) is 0 Å². The highest BCUT2D eigenvalue weighted by atomic mass is 35.5. The van der Waals surface area contributed by atoms with Crippen molar-refractivity contribution in [3.63, 3.8) is 0 Å². The van der Waals surface area contributed by atoms with Crippen LogP contribution in [0.1, 0.15) is 16.2 Å². The van der Waals surface area contributed by atoms with Gasteiger partial charge in [-0.2, -0.15) is 0 Å². The predicted molar refractivity (Wildman–Crippen MR) is 52.6 cm³/mol. The third-order valence-electron chi connectivity index (χ3n) is 1.92. The number of rotatable bonds is 2. The maximum Gasteiger partial charge on any atom is 0.337 e. The number of aromatic nitrogens is 2. The summed E-state index contributed by atoms with van der Waals surface area (Å²) in [5, 5.41) is 8.88. The number of nitrogens with one attached hydrogen (secondary N) is 1. The van der Waals surface area contributed by atoms with Crippen LogP contribution in [0, 0.1) is 0 Å². The first-order chi connectivity index (χ1) is 6.72. The molecule has 0 aliphatic rings. The highest BCUT2D eigenvalue weighted by Gasteiger charge is 2.11. The second kappa shape index (κ2) is 3.31. The summed E-state index contributed by atoms with van der Waals surface area (Å²) in [7, 11) is 0. The molecule has 0 atom stereocenters. The van der Waals surface area contributed by atoms with E-state index in [-0.39, 0.29) is 11.4 Å². The van der Waals surface area contributed by atoms with Crippen LogP contribution in [-0.2, 0) is 5.88 Å². The number of alkyl halides is 1. The molecule has 1 heterocycles. The first kappa shape index (κ1) is 9.02. The Kier molecular flexibility index (Phi) is 2.13. The number of imidazole rings is 1. The molecule has 2 aromatic rings. The van der Waals surface area contributed by atoms with Crippen LogP contribution in [0.4, 0.5) is 0 Å². The molecule has 1 aromatic carbocycles. The summed E-state index contributed by atoms with van der Waals surface area (Å²) in [6.07, 6.45) is 0. The molecule has 0 saturated heterocycles. The Hall–Kier alpha value is -1.55. The van der Waals surface area contributed by atoms with Gasteiger partial charge < -0.3 is 10.1 Å². The van der Waals surface area contributed by atoms with Crippen LogP contribution in [0.15, 0.2) is 18.2 Å². The second-order valence-electron chi connectivity index (χ2n) is 2.82. The Morgan fingerprint density at radius 3 is 3.00 bits per heavy atom. The minimum atomic E-state index is -0.983. The normalized spacial score (nSPS) is 10.6. The fourth-order valence-corrected chi connectivity index (χ4v) is 1.45. The summed E-state index contributed by atoms with van der Waals surface area (Å²) < 4.78 is 0. The van der Waals surface area contributed by atoms with Gasteiger partial charge in [0.25, 0.3) is 0 Å². The maximum absolute atomic E-state index is 10.8. The number of hydrogen-bond acceptors (Lipinski definition) is 2. The Morgan fingerprint density at radius 1 is 1.57 bits per heavy atom. The van der Waals surface area contributed by atoms with Gasteiger partial charge in [-0.25, -0.2) is 9.78 Å². The zero-order valence-corrected chi connectivity index (χ0v) is 7.88. The fourth-order valence-electron chi connectivity index (χ4n) is 1.32.